The second-order valence-electron chi connectivity index (χ2n) is 9.89. The second-order valence-corrected chi connectivity index (χ2v) is 15.5. The third-order valence-corrected chi connectivity index (χ3v) is 7.60. The molecule has 0 unspecified atom stereocenters. The summed E-state index contributed by atoms with van der Waals surface area (Å²) in [6.45, 7) is 11.6. The Balaban J connectivity index is 1.27. The number of hydrogen-bond donors (Lipinski definition) is 1. The number of hydrogen-bond acceptors (Lipinski definition) is 8. The molecule has 35 heavy (non-hydrogen) atoms. The summed E-state index contributed by atoms with van der Waals surface area (Å²) in [7, 11) is -1.10. The van der Waals surface area contributed by atoms with Crippen LogP contribution in [0.1, 0.15) is 0 Å². The molecule has 1 aliphatic heterocycles. The lowest BCUT2D eigenvalue weighted by atomic mass is 10.2. The Hall–Kier alpha value is -3.28. The summed E-state index contributed by atoms with van der Waals surface area (Å²) in [5, 5.41) is 12.4. The van der Waals surface area contributed by atoms with Crippen LogP contribution in [0.3, 0.4) is 0 Å². The first-order chi connectivity index (χ1) is 16.9. The van der Waals surface area contributed by atoms with E-state index in [1.807, 2.05) is 18.3 Å². The molecule has 0 radical (unpaired) electrons. The molecule has 0 spiro atoms. The quantitative estimate of drug-likeness (QED) is 0.278. The lowest BCUT2D eigenvalue weighted by Gasteiger charge is -2.28. The van der Waals surface area contributed by atoms with Gasteiger partial charge in [-0.05, 0) is 30.3 Å². The molecule has 0 aliphatic carbocycles. The summed E-state index contributed by atoms with van der Waals surface area (Å²) in [6, 6.07) is 9.44. The highest BCUT2D eigenvalue weighted by Gasteiger charge is 2.14. The van der Waals surface area contributed by atoms with E-state index in [9.17, 15) is 0 Å². The van der Waals surface area contributed by atoms with Gasteiger partial charge in [0.15, 0.2) is 5.65 Å². The summed E-state index contributed by atoms with van der Waals surface area (Å²) in [5.74, 6) is 0.514. The number of anilines is 3. The van der Waals surface area contributed by atoms with Crippen molar-refractivity contribution in [3.63, 3.8) is 0 Å². The fourth-order valence-corrected chi connectivity index (χ4v) is 4.63. The first-order valence-corrected chi connectivity index (χ1v) is 15.7. The van der Waals surface area contributed by atoms with Crippen LogP contribution in [0.2, 0.25) is 25.7 Å². The Morgan fingerprint density at radius 2 is 1.86 bits per heavy atom. The van der Waals surface area contributed by atoms with Crippen molar-refractivity contribution < 1.29 is 9.47 Å². The van der Waals surface area contributed by atoms with Crippen LogP contribution in [0.5, 0.6) is 0 Å². The van der Waals surface area contributed by atoms with Crippen molar-refractivity contribution >= 4 is 31.0 Å². The van der Waals surface area contributed by atoms with Crippen LogP contribution in [-0.2, 0) is 16.2 Å². The maximum absolute atomic E-state index is 5.82. The molecule has 11 heteroatoms. The minimum Gasteiger partial charge on any atom is -0.378 e. The zero-order chi connectivity index (χ0) is 24.3. The number of benzene rings is 1. The van der Waals surface area contributed by atoms with Crippen molar-refractivity contribution in [1.29, 1.82) is 0 Å². The fourth-order valence-electron chi connectivity index (χ4n) is 3.87. The molecular weight excluding hydrogens is 460 g/mol. The zero-order valence-corrected chi connectivity index (χ0v) is 21.5. The Morgan fingerprint density at radius 3 is 2.63 bits per heavy atom. The van der Waals surface area contributed by atoms with E-state index >= 15 is 0 Å². The average molecular weight is 493 g/mol. The van der Waals surface area contributed by atoms with Gasteiger partial charge in [0.25, 0.3) is 0 Å². The first kappa shape index (κ1) is 23.5. The van der Waals surface area contributed by atoms with E-state index in [0.29, 0.717) is 18.3 Å². The molecule has 1 N–H and O–H groups in total. The monoisotopic (exact) mass is 492 g/mol. The average Bonchev–Trinajstić information content (AvgIpc) is 3.49. The van der Waals surface area contributed by atoms with Crippen LogP contribution in [0.25, 0.3) is 16.9 Å². The summed E-state index contributed by atoms with van der Waals surface area (Å²) in [4.78, 5) is 11.3. The number of ether oxygens (including phenoxy) is 2. The highest BCUT2D eigenvalue weighted by molar-refractivity contribution is 6.76. The first-order valence-electron chi connectivity index (χ1n) is 12.0. The van der Waals surface area contributed by atoms with Crippen LogP contribution < -0.4 is 10.2 Å². The Bertz CT molecular complexity index is 1260. The van der Waals surface area contributed by atoms with Gasteiger partial charge in [0.05, 0.1) is 37.5 Å². The van der Waals surface area contributed by atoms with E-state index in [4.69, 9.17) is 9.47 Å². The number of nitrogens with one attached hydrogen (secondary N) is 1. The molecule has 1 aliphatic rings. The molecule has 10 nitrogen and oxygen atoms in total. The van der Waals surface area contributed by atoms with Gasteiger partial charge in [0.1, 0.15) is 6.73 Å². The van der Waals surface area contributed by atoms with E-state index in [1.54, 1.807) is 27.8 Å². The molecular formula is C24H32N8O2Si. The third kappa shape index (κ3) is 5.87. The molecule has 0 atom stereocenters. The normalized spacial score (nSPS) is 14.5. The number of fused-ring (bicyclic) bond motifs is 1. The van der Waals surface area contributed by atoms with Crippen molar-refractivity contribution in [2.24, 2.45) is 0 Å². The van der Waals surface area contributed by atoms with Crippen molar-refractivity contribution in [2.45, 2.75) is 32.4 Å². The molecule has 5 rings (SSSR count). The predicted octanol–water partition coefficient (Wildman–Crippen LogP) is 3.88. The third-order valence-electron chi connectivity index (χ3n) is 5.90. The fraction of sp³-hybridized carbons (Fsp3) is 0.417. The van der Waals surface area contributed by atoms with Gasteiger partial charge in [0.2, 0.25) is 5.95 Å². The van der Waals surface area contributed by atoms with E-state index in [0.717, 1.165) is 55.9 Å². The smallest absolute Gasteiger partial charge is 0.247 e. The topological polar surface area (TPSA) is 94.6 Å². The highest BCUT2D eigenvalue weighted by Crippen LogP contribution is 2.23. The van der Waals surface area contributed by atoms with Crippen LogP contribution in [0.4, 0.5) is 17.3 Å². The number of nitrogens with zero attached hydrogens (tertiary/aromatic N) is 7. The molecule has 1 fully saturated rings. The minimum atomic E-state index is -1.10. The molecule has 0 amide bonds. The van der Waals surface area contributed by atoms with Gasteiger partial charge in [-0.25, -0.2) is 9.20 Å². The summed E-state index contributed by atoms with van der Waals surface area (Å²) >= 11 is 0. The van der Waals surface area contributed by atoms with Gasteiger partial charge in [-0.2, -0.15) is 10.1 Å². The number of morpholine rings is 1. The standard InChI is InChI=1S/C24H32N8O2Si/c1-35(2,3)13-12-34-18-31-17-19(14-26-31)22-15-25-16-23-28-24(29-32(22)23)27-20-4-6-21(7-5-20)30-8-10-33-11-9-30/h4-7,14-17H,8-13,18H2,1-3H3,(H,27,29). The van der Waals surface area contributed by atoms with E-state index < -0.39 is 8.07 Å². The maximum atomic E-state index is 5.82. The lowest BCUT2D eigenvalue weighted by Crippen LogP contribution is -2.36. The van der Waals surface area contributed by atoms with Gasteiger partial charge in [-0.15, -0.1) is 5.10 Å². The predicted molar refractivity (Wildman–Crippen MR) is 139 cm³/mol. The Kier molecular flexibility index (Phi) is 6.80. The van der Waals surface area contributed by atoms with Crippen molar-refractivity contribution in [3.8, 4) is 11.3 Å². The molecule has 1 saturated heterocycles. The molecule has 0 saturated carbocycles. The SMILES string of the molecule is C[Si](C)(C)CCOCn1cc(-c2cncc3nc(Nc4ccc(N5CCOCC5)cc4)nn23)cn1. The summed E-state index contributed by atoms with van der Waals surface area (Å²) in [6.07, 6.45) is 7.23. The van der Waals surface area contributed by atoms with Crippen LogP contribution in [0, 0.1) is 0 Å². The highest BCUT2D eigenvalue weighted by atomic mass is 28.3. The van der Waals surface area contributed by atoms with E-state index in [2.05, 4.69) is 62.2 Å². The van der Waals surface area contributed by atoms with Gasteiger partial charge in [-0.1, -0.05) is 19.6 Å². The van der Waals surface area contributed by atoms with E-state index in [1.165, 1.54) is 5.69 Å². The molecule has 3 aromatic heterocycles. The summed E-state index contributed by atoms with van der Waals surface area (Å²) in [5.41, 5.74) is 4.50. The van der Waals surface area contributed by atoms with Crippen molar-refractivity contribution in [2.75, 3.05) is 43.1 Å². The van der Waals surface area contributed by atoms with Gasteiger partial charge < -0.3 is 19.7 Å². The molecule has 184 valence electrons. The largest absolute Gasteiger partial charge is 0.378 e. The Morgan fingerprint density at radius 1 is 1.06 bits per heavy atom. The van der Waals surface area contributed by atoms with Gasteiger partial charge in [-0.3, -0.25) is 4.98 Å². The van der Waals surface area contributed by atoms with Crippen LogP contribution >= 0.6 is 0 Å². The lowest BCUT2D eigenvalue weighted by molar-refractivity contribution is 0.0786. The zero-order valence-electron chi connectivity index (χ0n) is 20.5. The minimum absolute atomic E-state index is 0.429. The molecule has 1 aromatic carbocycles. The van der Waals surface area contributed by atoms with E-state index in [-0.39, 0.29) is 0 Å². The van der Waals surface area contributed by atoms with Gasteiger partial charge in [0, 0.05) is 50.9 Å². The summed E-state index contributed by atoms with van der Waals surface area (Å²) < 4.78 is 14.8. The number of aromatic nitrogens is 6. The van der Waals surface area contributed by atoms with Crippen molar-refractivity contribution in [1.82, 2.24) is 29.4 Å². The molecule has 0 bridgehead atoms. The van der Waals surface area contributed by atoms with Crippen molar-refractivity contribution in [3.05, 3.63) is 49.1 Å². The molecule has 4 aromatic rings. The second kappa shape index (κ2) is 10.1. The van der Waals surface area contributed by atoms with Crippen LogP contribution in [-0.4, -0.2) is 70.3 Å². The number of rotatable bonds is 9. The molecule has 4 heterocycles. The van der Waals surface area contributed by atoms with Crippen LogP contribution in [0.15, 0.2) is 49.1 Å². The maximum Gasteiger partial charge on any atom is 0.247 e. The van der Waals surface area contributed by atoms with Gasteiger partial charge >= 0.3 is 0 Å². The Labute approximate surface area is 205 Å².